The van der Waals surface area contributed by atoms with Crippen LogP contribution in [0, 0.1) is 0 Å². The second-order valence-electron chi connectivity index (χ2n) is 9.48. The van der Waals surface area contributed by atoms with Gasteiger partial charge in [-0.2, -0.15) is 0 Å². The van der Waals surface area contributed by atoms with E-state index in [-0.39, 0.29) is 18.7 Å². The third-order valence-electron chi connectivity index (χ3n) is 7.04. The zero-order valence-electron chi connectivity index (χ0n) is 21.2. The third kappa shape index (κ3) is 4.36. The molecule has 0 spiro atoms. The minimum absolute atomic E-state index is 0.252. The van der Waals surface area contributed by atoms with E-state index in [2.05, 4.69) is 44.6 Å². The van der Waals surface area contributed by atoms with Crippen molar-refractivity contribution < 1.29 is 4.74 Å². The lowest BCUT2D eigenvalue weighted by atomic mass is 9.89. The van der Waals surface area contributed by atoms with Crippen LogP contribution < -0.4 is 5.32 Å². The Morgan fingerprint density at radius 1 is 1.13 bits per heavy atom. The van der Waals surface area contributed by atoms with Gasteiger partial charge in [-0.1, -0.05) is 59.7 Å². The highest BCUT2D eigenvalue weighted by Gasteiger charge is 2.31. The maximum atomic E-state index is 8.80. The van der Waals surface area contributed by atoms with Crippen LogP contribution in [0.3, 0.4) is 0 Å². The fraction of sp³-hybridized carbons (Fsp3) is 0.250. The third-order valence-corrected chi connectivity index (χ3v) is 7.04. The zero-order chi connectivity index (χ0) is 26.1. The summed E-state index contributed by atoms with van der Waals surface area (Å²) in [5.74, 6) is 1.98. The first-order chi connectivity index (χ1) is 18.6. The minimum atomic E-state index is 0.252. The summed E-state index contributed by atoms with van der Waals surface area (Å²) < 4.78 is 9.33. The van der Waals surface area contributed by atoms with Crippen LogP contribution in [0.4, 0.5) is 5.82 Å². The van der Waals surface area contributed by atoms with Crippen LogP contribution in [-0.4, -0.2) is 43.4 Å². The van der Waals surface area contributed by atoms with Gasteiger partial charge in [-0.15, -0.1) is 5.10 Å². The number of fused-ring (bicyclic) bond motifs is 1. The number of anilines is 1. The summed E-state index contributed by atoms with van der Waals surface area (Å²) in [5, 5.41) is 12.3. The maximum Gasteiger partial charge on any atom is 0.218 e. The second kappa shape index (κ2) is 10.0. The van der Waals surface area contributed by atoms with Crippen LogP contribution in [0.2, 0.25) is 0 Å². The highest BCUT2D eigenvalue weighted by atomic mass is 16.5. The largest absolute Gasteiger partial charge is 0.381 e. The van der Waals surface area contributed by atoms with Gasteiger partial charge in [0.05, 0.1) is 12.6 Å². The number of benzene rings is 2. The molecule has 1 aliphatic carbocycles. The molecule has 10 nitrogen and oxygen atoms in total. The Morgan fingerprint density at radius 3 is 2.68 bits per heavy atom. The number of aryl methyl sites for hydroxylation is 1. The molecule has 0 amide bonds. The summed E-state index contributed by atoms with van der Waals surface area (Å²) in [4.78, 5) is 12.4. The number of aromatic nitrogens is 5. The molecule has 0 saturated heterocycles. The van der Waals surface area contributed by atoms with Crippen molar-refractivity contribution >= 4 is 11.3 Å². The van der Waals surface area contributed by atoms with Gasteiger partial charge in [0, 0.05) is 54.8 Å². The molecule has 10 heteroatoms. The van der Waals surface area contributed by atoms with Gasteiger partial charge >= 0.3 is 0 Å². The molecule has 5 aromatic rings. The van der Waals surface area contributed by atoms with Crippen molar-refractivity contribution in [3.63, 3.8) is 0 Å². The first kappa shape index (κ1) is 23.7. The van der Waals surface area contributed by atoms with Gasteiger partial charge in [-0.05, 0) is 35.1 Å². The molecule has 38 heavy (non-hydrogen) atoms. The fourth-order valence-corrected chi connectivity index (χ4v) is 4.99. The Labute approximate surface area is 219 Å². The van der Waals surface area contributed by atoms with Crippen molar-refractivity contribution in [2.45, 2.75) is 31.5 Å². The number of nitrogens with zero attached hydrogens (tertiary/aromatic N) is 8. The lowest BCUT2D eigenvalue weighted by Crippen LogP contribution is -2.40. The molecule has 0 unspecified atom stereocenters. The van der Waals surface area contributed by atoms with Gasteiger partial charge in [0.25, 0.3) is 0 Å². The van der Waals surface area contributed by atoms with Crippen molar-refractivity contribution in [1.29, 1.82) is 0 Å². The van der Waals surface area contributed by atoms with Crippen LogP contribution in [0.1, 0.15) is 18.4 Å². The van der Waals surface area contributed by atoms with E-state index in [9.17, 15) is 0 Å². The molecule has 0 bridgehead atoms. The molecule has 0 radical (unpaired) electrons. The van der Waals surface area contributed by atoms with E-state index in [1.165, 1.54) is 0 Å². The van der Waals surface area contributed by atoms with Gasteiger partial charge in [0.1, 0.15) is 5.52 Å². The molecule has 190 valence electrons. The average Bonchev–Trinajstić information content (AvgIpc) is 3.53. The molecule has 0 atom stereocenters. The number of ether oxygens (including phenoxy) is 1. The molecule has 2 aromatic carbocycles. The van der Waals surface area contributed by atoms with Crippen molar-refractivity contribution in [1.82, 2.24) is 24.1 Å². The normalized spacial score (nSPS) is 16.7. The molecule has 3 heterocycles. The fourth-order valence-electron chi connectivity index (χ4n) is 4.99. The summed E-state index contributed by atoms with van der Waals surface area (Å²) in [6, 6.07) is 18.6. The van der Waals surface area contributed by atoms with Crippen molar-refractivity contribution in [3.8, 4) is 33.9 Å². The number of nitrogens with one attached hydrogen (secondary N) is 1. The molecule has 0 aliphatic heterocycles. The number of hydrogen-bond acceptors (Lipinski definition) is 6. The van der Waals surface area contributed by atoms with Crippen LogP contribution in [0.25, 0.3) is 49.9 Å². The van der Waals surface area contributed by atoms with E-state index in [0.717, 1.165) is 52.0 Å². The highest BCUT2D eigenvalue weighted by Crippen LogP contribution is 2.41. The summed E-state index contributed by atoms with van der Waals surface area (Å²) in [6.07, 6.45) is 7.77. The van der Waals surface area contributed by atoms with Crippen LogP contribution in [0.15, 0.2) is 78.3 Å². The number of hydrogen-bond donors (Lipinski definition) is 1. The SMILES string of the molecule is COC1CC(Nc2nc(-c3nccn3C)nn3cc(-c4cccc(CN=[N+]=[N-])c4)c(-c4ccccc4)c23)C1. The maximum absolute atomic E-state index is 8.80. The molecule has 3 aromatic heterocycles. The first-order valence-corrected chi connectivity index (χ1v) is 12.5. The monoisotopic (exact) mass is 505 g/mol. The Balaban J connectivity index is 1.58. The predicted molar refractivity (Wildman–Crippen MR) is 146 cm³/mol. The van der Waals surface area contributed by atoms with Crippen LogP contribution >= 0.6 is 0 Å². The zero-order valence-corrected chi connectivity index (χ0v) is 21.2. The molecule has 6 rings (SSSR count). The van der Waals surface area contributed by atoms with Gasteiger partial charge in [0.15, 0.2) is 11.6 Å². The lowest BCUT2D eigenvalue weighted by Gasteiger charge is -2.35. The van der Waals surface area contributed by atoms with Crippen molar-refractivity contribution in [3.05, 3.63) is 89.2 Å². The van der Waals surface area contributed by atoms with E-state index in [1.54, 1.807) is 13.3 Å². The van der Waals surface area contributed by atoms with Gasteiger partial charge in [0.2, 0.25) is 5.82 Å². The van der Waals surface area contributed by atoms with Crippen LogP contribution in [0.5, 0.6) is 0 Å². The van der Waals surface area contributed by atoms with Gasteiger partial charge in [-0.3, -0.25) is 0 Å². The number of methoxy groups -OCH3 is 1. The summed E-state index contributed by atoms with van der Waals surface area (Å²) in [7, 11) is 3.69. The molecular formula is C28H27N9O. The topological polar surface area (TPSA) is 118 Å². The molecule has 1 N–H and O–H groups in total. The Hall–Kier alpha value is -4.66. The number of imidazole rings is 1. The van der Waals surface area contributed by atoms with E-state index in [0.29, 0.717) is 11.6 Å². The Kier molecular flexibility index (Phi) is 6.25. The predicted octanol–water partition coefficient (Wildman–Crippen LogP) is 5.86. The van der Waals surface area contributed by atoms with Crippen molar-refractivity contribution in [2.24, 2.45) is 12.2 Å². The van der Waals surface area contributed by atoms with E-state index in [4.69, 9.17) is 20.4 Å². The second-order valence-corrected chi connectivity index (χ2v) is 9.48. The standard InChI is InChI=1S/C28H27N9O/c1-36-12-11-30-28(36)27-33-26(32-21-14-22(15-21)38-2)25-24(19-8-4-3-5-9-19)23(17-37(25)34-27)20-10-6-7-18(13-20)16-31-35-29/h3-13,17,21-22H,14-16H2,1-2H3,(H,32,33,34). The van der Waals surface area contributed by atoms with Gasteiger partial charge < -0.3 is 14.6 Å². The van der Waals surface area contributed by atoms with E-state index >= 15 is 0 Å². The van der Waals surface area contributed by atoms with E-state index in [1.807, 2.05) is 58.9 Å². The Bertz CT molecular complexity index is 1640. The number of rotatable bonds is 8. The lowest BCUT2D eigenvalue weighted by molar-refractivity contribution is 0.0328. The Morgan fingerprint density at radius 2 is 1.95 bits per heavy atom. The molecule has 1 saturated carbocycles. The van der Waals surface area contributed by atoms with Crippen LogP contribution in [-0.2, 0) is 18.3 Å². The molecular weight excluding hydrogens is 478 g/mol. The van der Waals surface area contributed by atoms with Gasteiger partial charge in [-0.25, -0.2) is 14.5 Å². The summed E-state index contributed by atoms with van der Waals surface area (Å²) >= 11 is 0. The summed E-state index contributed by atoms with van der Waals surface area (Å²) in [5.41, 5.74) is 14.7. The quantitative estimate of drug-likeness (QED) is 0.161. The molecule has 1 fully saturated rings. The minimum Gasteiger partial charge on any atom is -0.381 e. The number of azide groups is 1. The average molecular weight is 506 g/mol. The highest BCUT2D eigenvalue weighted by molar-refractivity contribution is 5.99. The van der Waals surface area contributed by atoms with Crippen molar-refractivity contribution in [2.75, 3.05) is 12.4 Å². The smallest absolute Gasteiger partial charge is 0.218 e. The molecule has 1 aliphatic rings. The first-order valence-electron chi connectivity index (χ1n) is 12.5. The summed E-state index contributed by atoms with van der Waals surface area (Å²) in [6.45, 7) is 0.288. The van der Waals surface area contributed by atoms with E-state index < -0.39 is 0 Å².